The molecule has 5 nitrogen and oxygen atoms in total. The molecule has 0 spiro atoms. The van der Waals surface area contributed by atoms with Crippen LogP contribution in [0.2, 0.25) is 0 Å². The van der Waals surface area contributed by atoms with Crippen LogP contribution in [0.3, 0.4) is 0 Å². The Bertz CT molecular complexity index is 823. The first kappa shape index (κ1) is 19.4. The zero-order chi connectivity index (χ0) is 19.3. The molecule has 0 aliphatic carbocycles. The molecule has 2 rings (SSSR count). The van der Waals surface area contributed by atoms with Crippen molar-refractivity contribution in [2.75, 3.05) is 16.8 Å². The Hall–Kier alpha value is -2.95. The number of nitrogens with zero attached hydrogens (tertiary/aromatic N) is 1. The number of aryl methyl sites for hydroxylation is 2. The largest absolute Gasteiger partial charge is 0.326 e. The molecule has 0 heterocycles. The third-order valence-corrected chi connectivity index (χ3v) is 4.25. The van der Waals surface area contributed by atoms with Crippen LogP contribution in [0.4, 0.5) is 11.4 Å². The smallest absolute Gasteiger partial charge is 0.226 e. The third-order valence-electron chi connectivity index (χ3n) is 4.25. The molecule has 0 unspecified atom stereocenters. The van der Waals surface area contributed by atoms with E-state index >= 15 is 0 Å². The molecular weight excluding hydrogens is 328 g/mol. The van der Waals surface area contributed by atoms with E-state index in [1.165, 1.54) is 18.7 Å². The van der Waals surface area contributed by atoms with Gasteiger partial charge in [0.15, 0.2) is 5.78 Å². The summed E-state index contributed by atoms with van der Waals surface area (Å²) in [6, 6.07) is 12.7. The van der Waals surface area contributed by atoms with Crippen LogP contribution in [0.25, 0.3) is 0 Å². The van der Waals surface area contributed by atoms with Gasteiger partial charge in [-0.1, -0.05) is 30.3 Å². The quantitative estimate of drug-likeness (QED) is 0.802. The van der Waals surface area contributed by atoms with Crippen LogP contribution in [0.15, 0.2) is 42.5 Å². The highest BCUT2D eigenvalue weighted by Gasteiger charge is 2.15. The average molecular weight is 352 g/mol. The van der Waals surface area contributed by atoms with Gasteiger partial charge in [0, 0.05) is 36.8 Å². The summed E-state index contributed by atoms with van der Waals surface area (Å²) in [4.78, 5) is 37.4. The van der Waals surface area contributed by atoms with Crippen molar-refractivity contribution in [3.05, 3.63) is 59.2 Å². The lowest BCUT2D eigenvalue weighted by Crippen LogP contribution is -2.32. The van der Waals surface area contributed by atoms with Crippen LogP contribution < -0.4 is 10.2 Å². The van der Waals surface area contributed by atoms with Crippen molar-refractivity contribution in [2.24, 2.45) is 0 Å². The lowest BCUT2D eigenvalue weighted by molar-refractivity contribution is -0.117. The van der Waals surface area contributed by atoms with Gasteiger partial charge < -0.3 is 10.2 Å². The van der Waals surface area contributed by atoms with E-state index in [0.717, 1.165) is 16.8 Å². The molecule has 0 aromatic heterocycles. The first-order valence-electron chi connectivity index (χ1n) is 8.54. The Balaban J connectivity index is 2.09. The number of rotatable bonds is 6. The summed E-state index contributed by atoms with van der Waals surface area (Å²) < 4.78 is 0. The van der Waals surface area contributed by atoms with Gasteiger partial charge in [0.1, 0.15) is 0 Å². The molecule has 0 saturated heterocycles. The molecule has 0 fully saturated rings. The maximum Gasteiger partial charge on any atom is 0.226 e. The molecule has 0 aliphatic heterocycles. The van der Waals surface area contributed by atoms with Gasteiger partial charge in [0.05, 0.1) is 0 Å². The molecule has 136 valence electrons. The molecule has 2 aromatic rings. The number of Topliss-reactive ketones (excluding diaryl/α,β-unsaturated/α-hetero) is 1. The molecule has 0 saturated carbocycles. The Morgan fingerprint density at radius 2 is 1.58 bits per heavy atom. The standard InChI is InChI=1S/C21H24N2O3/c1-14-7-5-8-15(2)21(14)22-20(26)11-12-23(17(4)25)19-10-6-9-18(13-19)16(3)24/h5-10,13H,11-12H2,1-4H3,(H,22,26). The zero-order valence-electron chi connectivity index (χ0n) is 15.6. The summed E-state index contributed by atoms with van der Waals surface area (Å²) in [6.07, 6.45) is 0.164. The number of para-hydroxylation sites is 1. The molecule has 5 heteroatoms. The summed E-state index contributed by atoms with van der Waals surface area (Å²) in [6.45, 7) is 7.06. The molecule has 26 heavy (non-hydrogen) atoms. The molecule has 0 radical (unpaired) electrons. The second kappa shape index (κ2) is 8.43. The summed E-state index contributed by atoms with van der Waals surface area (Å²) in [7, 11) is 0. The number of ketones is 1. The van der Waals surface area contributed by atoms with Crippen LogP contribution in [-0.2, 0) is 9.59 Å². The van der Waals surface area contributed by atoms with Gasteiger partial charge in [-0.15, -0.1) is 0 Å². The fourth-order valence-electron chi connectivity index (χ4n) is 2.79. The molecular formula is C21H24N2O3. The Labute approximate surface area is 154 Å². The normalized spacial score (nSPS) is 10.3. The molecule has 0 bridgehead atoms. The van der Waals surface area contributed by atoms with E-state index in [2.05, 4.69) is 5.32 Å². The van der Waals surface area contributed by atoms with Crippen molar-refractivity contribution >= 4 is 29.0 Å². The fraction of sp³-hybridized carbons (Fsp3) is 0.286. The first-order valence-corrected chi connectivity index (χ1v) is 8.54. The number of hydrogen-bond acceptors (Lipinski definition) is 3. The zero-order valence-corrected chi connectivity index (χ0v) is 15.6. The van der Waals surface area contributed by atoms with E-state index in [4.69, 9.17) is 0 Å². The van der Waals surface area contributed by atoms with Crippen LogP contribution in [0, 0.1) is 13.8 Å². The van der Waals surface area contributed by atoms with Crippen LogP contribution in [0.1, 0.15) is 41.8 Å². The van der Waals surface area contributed by atoms with Crippen molar-refractivity contribution in [1.82, 2.24) is 0 Å². The van der Waals surface area contributed by atoms with Crippen molar-refractivity contribution in [3.8, 4) is 0 Å². The molecule has 2 aromatic carbocycles. The minimum atomic E-state index is -0.175. The first-order chi connectivity index (χ1) is 12.3. The van der Waals surface area contributed by atoms with Crippen LogP contribution in [-0.4, -0.2) is 24.1 Å². The number of nitrogens with one attached hydrogen (secondary N) is 1. The van der Waals surface area contributed by atoms with E-state index in [-0.39, 0.29) is 30.6 Å². The highest BCUT2D eigenvalue weighted by Crippen LogP contribution is 2.20. The topological polar surface area (TPSA) is 66.5 Å². The van der Waals surface area contributed by atoms with Gasteiger partial charge >= 0.3 is 0 Å². The summed E-state index contributed by atoms with van der Waals surface area (Å²) in [5.74, 6) is -0.398. The second-order valence-corrected chi connectivity index (χ2v) is 6.34. The van der Waals surface area contributed by atoms with E-state index in [1.54, 1.807) is 24.3 Å². The van der Waals surface area contributed by atoms with Gasteiger partial charge in [-0.25, -0.2) is 0 Å². The fourth-order valence-corrected chi connectivity index (χ4v) is 2.79. The minimum absolute atomic E-state index is 0.0666. The lowest BCUT2D eigenvalue weighted by Gasteiger charge is -2.21. The van der Waals surface area contributed by atoms with Gasteiger partial charge in [-0.2, -0.15) is 0 Å². The predicted octanol–water partition coefficient (Wildman–Crippen LogP) is 3.89. The Morgan fingerprint density at radius 1 is 0.962 bits per heavy atom. The number of carbonyl (C=O) groups is 3. The number of benzene rings is 2. The SMILES string of the molecule is CC(=O)c1cccc(N(CCC(=O)Nc2c(C)cccc2C)C(C)=O)c1. The van der Waals surface area contributed by atoms with Gasteiger partial charge in [-0.05, 0) is 44.0 Å². The Kier molecular flexibility index (Phi) is 6.28. The highest BCUT2D eigenvalue weighted by molar-refractivity contribution is 5.98. The molecule has 0 atom stereocenters. The maximum absolute atomic E-state index is 12.3. The number of amides is 2. The van der Waals surface area contributed by atoms with E-state index in [1.807, 2.05) is 32.0 Å². The number of carbonyl (C=O) groups excluding carboxylic acids is 3. The van der Waals surface area contributed by atoms with Crippen molar-refractivity contribution in [2.45, 2.75) is 34.1 Å². The van der Waals surface area contributed by atoms with Gasteiger partial charge in [-0.3, -0.25) is 14.4 Å². The summed E-state index contributed by atoms with van der Waals surface area (Å²) in [5.41, 5.74) is 3.95. The predicted molar refractivity (Wildman–Crippen MR) is 104 cm³/mol. The van der Waals surface area contributed by atoms with Crippen molar-refractivity contribution in [1.29, 1.82) is 0 Å². The van der Waals surface area contributed by atoms with Crippen LogP contribution in [0.5, 0.6) is 0 Å². The molecule has 0 aliphatic rings. The summed E-state index contributed by atoms with van der Waals surface area (Å²) in [5, 5.41) is 2.92. The van der Waals surface area contributed by atoms with Crippen molar-refractivity contribution in [3.63, 3.8) is 0 Å². The van der Waals surface area contributed by atoms with Crippen LogP contribution >= 0.6 is 0 Å². The van der Waals surface area contributed by atoms with E-state index < -0.39 is 0 Å². The third kappa shape index (κ3) is 4.79. The van der Waals surface area contributed by atoms with E-state index in [9.17, 15) is 14.4 Å². The summed E-state index contributed by atoms with van der Waals surface area (Å²) >= 11 is 0. The minimum Gasteiger partial charge on any atom is -0.326 e. The lowest BCUT2D eigenvalue weighted by atomic mass is 10.1. The Morgan fingerprint density at radius 3 is 2.15 bits per heavy atom. The number of anilines is 2. The van der Waals surface area contributed by atoms with E-state index in [0.29, 0.717) is 11.3 Å². The maximum atomic E-state index is 12.3. The molecule has 2 amide bonds. The van der Waals surface area contributed by atoms with Gasteiger partial charge in [0.25, 0.3) is 0 Å². The monoisotopic (exact) mass is 352 g/mol. The second-order valence-electron chi connectivity index (χ2n) is 6.34. The highest BCUT2D eigenvalue weighted by atomic mass is 16.2. The number of hydrogen-bond donors (Lipinski definition) is 1. The average Bonchev–Trinajstić information content (AvgIpc) is 2.58. The van der Waals surface area contributed by atoms with Crippen molar-refractivity contribution < 1.29 is 14.4 Å². The molecule has 1 N–H and O–H groups in total. The van der Waals surface area contributed by atoms with Gasteiger partial charge in [0.2, 0.25) is 11.8 Å².